The van der Waals surface area contributed by atoms with Gasteiger partial charge < -0.3 is 9.08 Å². The molecule has 0 radical (unpaired) electrons. The molecule has 150 valence electrons. The quantitative estimate of drug-likeness (QED) is 0.631. The highest BCUT2D eigenvalue weighted by atomic mass is 32.2. The first-order valence-corrected chi connectivity index (χ1v) is 11.4. The van der Waals surface area contributed by atoms with Crippen molar-refractivity contribution in [2.75, 3.05) is 12.8 Å². The van der Waals surface area contributed by atoms with Crippen LogP contribution in [0.15, 0.2) is 54.6 Å². The normalized spacial score (nSPS) is 18.7. The van der Waals surface area contributed by atoms with Gasteiger partial charge in [0.2, 0.25) is 5.91 Å². The van der Waals surface area contributed by atoms with Crippen LogP contribution >= 0.6 is 0 Å². The maximum absolute atomic E-state index is 13.1. The SMILES string of the molecule is CC(C)CN(Cc1cccc(OS(C)(=O)=O)c1)C(=O)C1CC1c1ccccc1. The number of amides is 1. The largest absolute Gasteiger partial charge is 0.383 e. The Morgan fingerprint density at radius 1 is 1.14 bits per heavy atom. The molecule has 0 aliphatic heterocycles. The predicted octanol–water partition coefficient (Wildman–Crippen LogP) is 3.81. The van der Waals surface area contributed by atoms with Crippen LogP contribution in [0.4, 0.5) is 0 Å². The molecule has 2 atom stereocenters. The zero-order valence-electron chi connectivity index (χ0n) is 16.5. The zero-order chi connectivity index (χ0) is 20.3. The lowest BCUT2D eigenvalue weighted by Gasteiger charge is -2.25. The van der Waals surface area contributed by atoms with Gasteiger partial charge in [0.05, 0.1) is 6.26 Å². The van der Waals surface area contributed by atoms with Crippen molar-refractivity contribution in [1.82, 2.24) is 4.90 Å². The molecule has 1 amide bonds. The molecule has 5 nitrogen and oxygen atoms in total. The zero-order valence-corrected chi connectivity index (χ0v) is 17.4. The van der Waals surface area contributed by atoms with Gasteiger partial charge in [0, 0.05) is 19.0 Å². The molecule has 0 heterocycles. The van der Waals surface area contributed by atoms with Crippen molar-refractivity contribution < 1.29 is 17.4 Å². The van der Waals surface area contributed by atoms with E-state index < -0.39 is 10.1 Å². The molecule has 2 aromatic carbocycles. The second kappa shape index (κ2) is 8.35. The number of nitrogens with zero attached hydrogens (tertiary/aromatic N) is 1. The molecule has 1 aliphatic carbocycles. The summed E-state index contributed by atoms with van der Waals surface area (Å²) < 4.78 is 27.7. The molecule has 0 saturated heterocycles. The number of benzene rings is 2. The Morgan fingerprint density at radius 3 is 2.50 bits per heavy atom. The summed E-state index contributed by atoms with van der Waals surface area (Å²) in [6, 6.07) is 17.1. The minimum Gasteiger partial charge on any atom is -0.383 e. The van der Waals surface area contributed by atoms with Gasteiger partial charge in [0.15, 0.2) is 0 Å². The second-order valence-corrected chi connectivity index (χ2v) is 9.48. The van der Waals surface area contributed by atoms with Gasteiger partial charge in [-0.05, 0) is 41.5 Å². The summed E-state index contributed by atoms with van der Waals surface area (Å²) in [7, 11) is -3.58. The lowest BCUT2D eigenvalue weighted by Crippen LogP contribution is -2.35. The van der Waals surface area contributed by atoms with Gasteiger partial charge in [-0.1, -0.05) is 56.3 Å². The first kappa shape index (κ1) is 20.4. The molecule has 28 heavy (non-hydrogen) atoms. The van der Waals surface area contributed by atoms with E-state index in [4.69, 9.17) is 4.18 Å². The van der Waals surface area contributed by atoms with Crippen molar-refractivity contribution in [2.24, 2.45) is 11.8 Å². The van der Waals surface area contributed by atoms with Crippen LogP contribution in [0, 0.1) is 11.8 Å². The van der Waals surface area contributed by atoms with E-state index >= 15 is 0 Å². The van der Waals surface area contributed by atoms with Gasteiger partial charge >= 0.3 is 10.1 Å². The average molecular weight is 402 g/mol. The van der Waals surface area contributed by atoms with Gasteiger partial charge in [-0.15, -0.1) is 0 Å². The summed E-state index contributed by atoms with van der Waals surface area (Å²) in [5.41, 5.74) is 2.07. The van der Waals surface area contributed by atoms with Crippen LogP contribution in [0.2, 0.25) is 0 Å². The fourth-order valence-corrected chi connectivity index (χ4v) is 3.99. The Balaban J connectivity index is 1.72. The third kappa shape index (κ3) is 5.58. The number of rotatable bonds is 8. The molecule has 0 spiro atoms. The van der Waals surface area contributed by atoms with Crippen molar-refractivity contribution in [3.05, 3.63) is 65.7 Å². The number of hydrogen-bond donors (Lipinski definition) is 0. The topological polar surface area (TPSA) is 63.7 Å². The number of hydrogen-bond acceptors (Lipinski definition) is 4. The van der Waals surface area contributed by atoms with Crippen LogP contribution in [-0.2, 0) is 21.5 Å². The molecule has 6 heteroatoms. The third-order valence-corrected chi connectivity index (χ3v) is 5.25. The summed E-state index contributed by atoms with van der Waals surface area (Å²) in [4.78, 5) is 15.0. The molecule has 0 N–H and O–H groups in total. The fourth-order valence-electron chi connectivity index (χ4n) is 3.54. The monoisotopic (exact) mass is 401 g/mol. The first-order chi connectivity index (χ1) is 13.2. The summed E-state index contributed by atoms with van der Waals surface area (Å²) in [6.45, 7) is 5.28. The Labute approximate surface area is 167 Å². The van der Waals surface area contributed by atoms with Crippen molar-refractivity contribution in [3.63, 3.8) is 0 Å². The molecule has 2 aromatic rings. The van der Waals surface area contributed by atoms with Gasteiger partial charge in [-0.3, -0.25) is 4.79 Å². The molecule has 0 bridgehead atoms. The van der Waals surface area contributed by atoms with Gasteiger partial charge in [0.25, 0.3) is 0 Å². The Kier molecular flexibility index (Phi) is 6.08. The van der Waals surface area contributed by atoms with Crippen LogP contribution in [0.1, 0.15) is 37.3 Å². The molecular formula is C22H27NO4S. The predicted molar refractivity (Wildman–Crippen MR) is 109 cm³/mol. The van der Waals surface area contributed by atoms with E-state index in [-0.39, 0.29) is 17.6 Å². The van der Waals surface area contributed by atoms with Crippen molar-refractivity contribution in [2.45, 2.75) is 32.7 Å². The number of carbonyl (C=O) groups excluding carboxylic acids is 1. The molecule has 0 aromatic heterocycles. The van der Waals surface area contributed by atoms with E-state index in [9.17, 15) is 13.2 Å². The molecular weight excluding hydrogens is 374 g/mol. The van der Waals surface area contributed by atoms with Crippen molar-refractivity contribution >= 4 is 16.0 Å². The van der Waals surface area contributed by atoms with Gasteiger partial charge in [0.1, 0.15) is 5.75 Å². The highest BCUT2D eigenvalue weighted by Gasteiger charge is 2.45. The molecule has 3 rings (SSSR count). The fraction of sp³-hybridized carbons (Fsp3) is 0.409. The van der Waals surface area contributed by atoms with E-state index in [1.165, 1.54) is 5.56 Å². The molecule has 1 saturated carbocycles. The van der Waals surface area contributed by atoms with Gasteiger partial charge in [-0.25, -0.2) is 0 Å². The smallest absolute Gasteiger partial charge is 0.306 e. The molecule has 2 unspecified atom stereocenters. The standard InChI is InChI=1S/C22H27NO4S/c1-16(2)14-23(15-17-8-7-11-19(12-17)27-28(3,25)26)22(24)21-13-20(21)18-9-5-4-6-10-18/h4-12,16,20-21H,13-15H2,1-3H3. The van der Waals surface area contributed by atoms with Crippen LogP contribution in [0.3, 0.4) is 0 Å². The van der Waals surface area contributed by atoms with E-state index in [1.54, 1.807) is 18.2 Å². The van der Waals surface area contributed by atoms with Crippen LogP contribution in [0.25, 0.3) is 0 Å². The van der Waals surface area contributed by atoms with Crippen LogP contribution in [-0.4, -0.2) is 32.0 Å². The molecule has 1 aliphatic rings. The lowest BCUT2D eigenvalue weighted by atomic mass is 10.1. The van der Waals surface area contributed by atoms with Crippen molar-refractivity contribution in [3.8, 4) is 5.75 Å². The van der Waals surface area contributed by atoms with Crippen LogP contribution in [0.5, 0.6) is 5.75 Å². The average Bonchev–Trinajstić information content (AvgIpc) is 3.40. The third-order valence-electron chi connectivity index (χ3n) is 4.75. The Bertz CT molecular complexity index is 925. The lowest BCUT2D eigenvalue weighted by molar-refractivity contribution is -0.133. The van der Waals surface area contributed by atoms with E-state index in [1.807, 2.05) is 29.2 Å². The summed E-state index contributed by atoms with van der Waals surface area (Å²) in [6.07, 6.45) is 1.90. The summed E-state index contributed by atoms with van der Waals surface area (Å²) in [5.74, 6) is 1.09. The maximum atomic E-state index is 13.1. The van der Waals surface area contributed by atoms with E-state index in [2.05, 4.69) is 26.0 Å². The first-order valence-electron chi connectivity index (χ1n) is 9.55. The van der Waals surface area contributed by atoms with Crippen LogP contribution < -0.4 is 4.18 Å². The highest BCUT2D eigenvalue weighted by molar-refractivity contribution is 7.86. The highest BCUT2D eigenvalue weighted by Crippen LogP contribution is 2.48. The van der Waals surface area contributed by atoms with E-state index in [0.29, 0.717) is 24.9 Å². The molecule has 1 fully saturated rings. The van der Waals surface area contributed by atoms with E-state index in [0.717, 1.165) is 18.2 Å². The summed E-state index contributed by atoms with van der Waals surface area (Å²) in [5, 5.41) is 0. The Hall–Kier alpha value is -2.34. The second-order valence-electron chi connectivity index (χ2n) is 7.91. The minimum atomic E-state index is -3.58. The Morgan fingerprint density at radius 2 is 1.86 bits per heavy atom. The summed E-state index contributed by atoms with van der Waals surface area (Å²) >= 11 is 0. The number of carbonyl (C=O) groups is 1. The minimum absolute atomic E-state index is 0.0246. The van der Waals surface area contributed by atoms with Crippen molar-refractivity contribution in [1.29, 1.82) is 0 Å². The maximum Gasteiger partial charge on any atom is 0.306 e. The van der Waals surface area contributed by atoms with Gasteiger partial charge in [-0.2, -0.15) is 8.42 Å².